The van der Waals surface area contributed by atoms with Crippen molar-refractivity contribution in [1.29, 1.82) is 5.26 Å². The van der Waals surface area contributed by atoms with Crippen LogP contribution in [0, 0.1) is 11.3 Å². The quantitative estimate of drug-likeness (QED) is 0.563. The highest BCUT2D eigenvalue weighted by atomic mass is 19.1. The maximum atomic E-state index is 13.4. The Labute approximate surface area is 64.4 Å². The first-order valence-electron chi connectivity index (χ1n) is 3.53. The minimum atomic E-state index is -1.74. The van der Waals surface area contributed by atoms with Crippen LogP contribution < -0.4 is 0 Å². The Morgan fingerprint density at radius 2 is 2.09 bits per heavy atom. The first-order chi connectivity index (χ1) is 5.19. The number of hydrogen-bond acceptors (Lipinski definition) is 3. The molecule has 0 amide bonds. The highest BCUT2D eigenvalue weighted by Gasteiger charge is 2.39. The van der Waals surface area contributed by atoms with Crippen LogP contribution in [0.1, 0.15) is 12.8 Å². The molecule has 1 aliphatic heterocycles. The molecule has 0 unspecified atom stereocenters. The zero-order valence-corrected chi connectivity index (χ0v) is 6.09. The molecule has 0 aromatic heterocycles. The number of hydrogen-bond donors (Lipinski definition) is 1. The monoisotopic (exact) mass is 159 g/mol. The van der Waals surface area contributed by atoms with Gasteiger partial charge < -0.3 is 9.84 Å². The van der Waals surface area contributed by atoms with Crippen molar-refractivity contribution < 1.29 is 14.2 Å². The van der Waals surface area contributed by atoms with E-state index in [4.69, 9.17) is 15.1 Å². The molecular formula is C7H10FNO2. The van der Waals surface area contributed by atoms with E-state index in [-0.39, 0.29) is 26.1 Å². The SMILES string of the molecule is N#C[C@@H](O)C1(F)CCOCC1. The first-order valence-corrected chi connectivity index (χ1v) is 3.53. The van der Waals surface area contributed by atoms with Gasteiger partial charge in [0.25, 0.3) is 0 Å². The second-order valence-corrected chi connectivity index (χ2v) is 2.68. The summed E-state index contributed by atoms with van der Waals surface area (Å²) in [7, 11) is 0. The Kier molecular flexibility index (Phi) is 2.42. The van der Waals surface area contributed by atoms with Crippen LogP contribution in [0.15, 0.2) is 0 Å². The maximum Gasteiger partial charge on any atom is 0.174 e. The second kappa shape index (κ2) is 3.16. The van der Waals surface area contributed by atoms with Gasteiger partial charge in [0.2, 0.25) is 0 Å². The van der Waals surface area contributed by atoms with E-state index in [1.54, 1.807) is 0 Å². The molecule has 0 spiro atoms. The van der Waals surface area contributed by atoms with Gasteiger partial charge in [-0.3, -0.25) is 0 Å². The lowest BCUT2D eigenvalue weighted by molar-refractivity contribution is -0.0614. The highest BCUT2D eigenvalue weighted by molar-refractivity contribution is 5.00. The zero-order chi connectivity index (χ0) is 8.32. The van der Waals surface area contributed by atoms with Crippen molar-refractivity contribution in [2.24, 2.45) is 0 Å². The van der Waals surface area contributed by atoms with Gasteiger partial charge in [0, 0.05) is 26.1 Å². The van der Waals surface area contributed by atoms with Crippen LogP contribution in [0.25, 0.3) is 0 Å². The number of halogens is 1. The standard InChI is InChI=1S/C7H10FNO2/c8-7(6(10)5-9)1-3-11-4-2-7/h6,10H,1-4H2/t6-/m1/s1. The van der Waals surface area contributed by atoms with Crippen LogP contribution in [0.5, 0.6) is 0 Å². The molecule has 1 rings (SSSR count). The van der Waals surface area contributed by atoms with Crippen molar-refractivity contribution >= 4 is 0 Å². The number of alkyl halides is 1. The predicted molar refractivity (Wildman–Crippen MR) is 35.5 cm³/mol. The van der Waals surface area contributed by atoms with Crippen LogP contribution in [0.2, 0.25) is 0 Å². The van der Waals surface area contributed by atoms with Crippen molar-refractivity contribution in [3.8, 4) is 6.07 Å². The van der Waals surface area contributed by atoms with Crippen LogP contribution in [-0.4, -0.2) is 30.1 Å². The molecule has 0 aliphatic carbocycles. The molecule has 1 heterocycles. The van der Waals surface area contributed by atoms with Gasteiger partial charge in [0.1, 0.15) is 0 Å². The van der Waals surface area contributed by atoms with E-state index in [0.29, 0.717) is 0 Å². The summed E-state index contributed by atoms with van der Waals surface area (Å²) in [5, 5.41) is 17.2. The molecule has 1 N–H and O–H groups in total. The summed E-state index contributed by atoms with van der Waals surface area (Å²) < 4.78 is 18.3. The average Bonchev–Trinajstić information content (AvgIpc) is 2.04. The minimum Gasteiger partial charge on any atom is -0.381 e. The molecule has 1 aliphatic rings. The zero-order valence-electron chi connectivity index (χ0n) is 6.09. The normalized spacial score (nSPS) is 25.5. The van der Waals surface area contributed by atoms with Gasteiger partial charge in [-0.15, -0.1) is 0 Å². The van der Waals surface area contributed by atoms with Gasteiger partial charge in [0.15, 0.2) is 11.8 Å². The lowest BCUT2D eigenvalue weighted by Gasteiger charge is -2.30. The van der Waals surface area contributed by atoms with E-state index in [1.807, 2.05) is 0 Å². The second-order valence-electron chi connectivity index (χ2n) is 2.68. The van der Waals surface area contributed by atoms with Crippen molar-refractivity contribution in [1.82, 2.24) is 0 Å². The molecule has 11 heavy (non-hydrogen) atoms. The van der Waals surface area contributed by atoms with Crippen LogP contribution in [0.4, 0.5) is 4.39 Å². The number of nitrogens with zero attached hydrogens (tertiary/aromatic N) is 1. The fraction of sp³-hybridized carbons (Fsp3) is 0.857. The van der Waals surface area contributed by atoms with Crippen LogP contribution >= 0.6 is 0 Å². The number of nitriles is 1. The minimum absolute atomic E-state index is 0.113. The lowest BCUT2D eigenvalue weighted by atomic mass is 9.91. The topological polar surface area (TPSA) is 53.2 Å². The molecule has 3 nitrogen and oxygen atoms in total. The van der Waals surface area contributed by atoms with E-state index in [2.05, 4.69) is 0 Å². The molecule has 4 heteroatoms. The summed E-state index contributed by atoms with van der Waals surface area (Å²) in [5.74, 6) is 0. The Balaban J connectivity index is 2.57. The first kappa shape index (κ1) is 8.44. The summed E-state index contributed by atoms with van der Waals surface area (Å²) in [6.07, 6.45) is -1.28. The molecule has 1 atom stereocenters. The number of aliphatic hydroxyl groups excluding tert-OH is 1. The summed E-state index contributed by atoms with van der Waals surface area (Å²) in [5.41, 5.74) is -1.74. The third-order valence-corrected chi connectivity index (χ3v) is 1.94. The third kappa shape index (κ3) is 1.67. The lowest BCUT2D eigenvalue weighted by Crippen LogP contribution is -2.42. The summed E-state index contributed by atoms with van der Waals surface area (Å²) in [4.78, 5) is 0. The molecule has 0 radical (unpaired) electrons. The molecular weight excluding hydrogens is 149 g/mol. The van der Waals surface area contributed by atoms with Crippen molar-refractivity contribution in [3.05, 3.63) is 0 Å². The number of ether oxygens (including phenoxy) is 1. The molecule has 62 valence electrons. The van der Waals surface area contributed by atoms with E-state index in [9.17, 15) is 4.39 Å². The molecule has 0 aromatic carbocycles. The number of rotatable bonds is 1. The Hall–Kier alpha value is -0.660. The Morgan fingerprint density at radius 3 is 2.55 bits per heavy atom. The van der Waals surface area contributed by atoms with Crippen molar-refractivity contribution in [2.45, 2.75) is 24.6 Å². The summed E-state index contributed by atoms with van der Waals surface area (Å²) in [6, 6.07) is 1.50. The van der Waals surface area contributed by atoms with Gasteiger partial charge in [-0.25, -0.2) is 4.39 Å². The van der Waals surface area contributed by atoms with Gasteiger partial charge in [-0.2, -0.15) is 5.26 Å². The average molecular weight is 159 g/mol. The highest BCUT2D eigenvalue weighted by Crippen LogP contribution is 2.28. The Morgan fingerprint density at radius 1 is 1.55 bits per heavy atom. The largest absolute Gasteiger partial charge is 0.381 e. The fourth-order valence-corrected chi connectivity index (χ4v) is 1.10. The van der Waals surface area contributed by atoms with Gasteiger partial charge in [0.05, 0.1) is 6.07 Å². The molecule has 1 fully saturated rings. The van der Waals surface area contributed by atoms with E-state index in [0.717, 1.165) is 0 Å². The molecule has 1 saturated heterocycles. The fourth-order valence-electron chi connectivity index (χ4n) is 1.10. The van der Waals surface area contributed by atoms with Gasteiger partial charge >= 0.3 is 0 Å². The van der Waals surface area contributed by atoms with Crippen molar-refractivity contribution in [2.75, 3.05) is 13.2 Å². The Bertz CT molecular complexity index is 172. The summed E-state index contributed by atoms with van der Waals surface area (Å²) in [6.45, 7) is 0.574. The predicted octanol–water partition coefficient (Wildman–Crippen LogP) is 0.390. The number of aliphatic hydroxyl groups is 1. The van der Waals surface area contributed by atoms with E-state index < -0.39 is 11.8 Å². The van der Waals surface area contributed by atoms with Gasteiger partial charge in [-0.05, 0) is 0 Å². The third-order valence-electron chi connectivity index (χ3n) is 1.94. The van der Waals surface area contributed by atoms with Crippen LogP contribution in [0.3, 0.4) is 0 Å². The molecule has 0 aromatic rings. The van der Waals surface area contributed by atoms with E-state index in [1.165, 1.54) is 6.07 Å². The van der Waals surface area contributed by atoms with Gasteiger partial charge in [-0.1, -0.05) is 0 Å². The summed E-state index contributed by atoms with van der Waals surface area (Å²) >= 11 is 0. The van der Waals surface area contributed by atoms with Crippen molar-refractivity contribution in [3.63, 3.8) is 0 Å². The molecule has 0 saturated carbocycles. The van der Waals surface area contributed by atoms with Crippen LogP contribution in [-0.2, 0) is 4.74 Å². The smallest absolute Gasteiger partial charge is 0.174 e. The molecule has 0 bridgehead atoms. The maximum absolute atomic E-state index is 13.4. The van der Waals surface area contributed by atoms with E-state index >= 15 is 0 Å².